The second-order valence-corrected chi connectivity index (χ2v) is 5.51. The van der Waals surface area contributed by atoms with Gasteiger partial charge < -0.3 is 9.84 Å². The molecule has 4 heteroatoms. The molecule has 17 heavy (non-hydrogen) atoms. The van der Waals surface area contributed by atoms with Gasteiger partial charge in [0.1, 0.15) is 5.60 Å². The number of rotatable bonds is 5. The number of carboxylic acid groups (broad SMARTS) is 1. The Hall–Kier alpha value is -1.32. The Morgan fingerprint density at radius 3 is 2.47 bits per heavy atom. The van der Waals surface area contributed by atoms with Crippen molar-refractivity contribution in [2.75, 3.05) is 0 Å². The molecular weight excluding hydrogens is 220 g/mol. The number of hydrogen-bond acceptors (Lipinski definition) is 3. The Labute approximate surface area is 102 Å². The molecule has 0 aliphatic heterocycles. The van der Waals surface area contributed by atoms with E-state index in [1.807, 2.05) is 0 Å². The molecule has 1 N–H and O–H groups in total. The lowest BCUT2D eigenvalue weighted by atomic mass is 9.98. The molecule has 96 valence electrons. The van der Waals surface area contributed by atoms with Gasteiger partial charge in [-0.1, -0.05) is 6.08 Å². The summed E-state index contributed by atoms with van der Waals surface area (Å²) in [7, 11) is 0. The van der Waals surface area contributed by atoms with Gasteiger partial charge in [0.15, 0.2) is 0 Å². The molecule has 0 amide bonds. The third kappa shape index (κ3) is 3.88. The fourth-order valence-corrected chi connectivity index (χ4v) is 1.95. The Bertz CT molecular complexity index is 327. The van der Waals surface area contributed by atoms with Crippen LogP contribution >= 0.6 is 0 Å². The number of carbonyl (C=O) groups is 2. The average Bonchev–Trinajstić information content (AvgIpc) is 2.90. The van der Waals surface area contributed by atoms with Gasteiger partial charge in [-0.05, 0) is 39.5 Å². The van der Waals surface area contributed by atoms with Gasteiger partial charge in [-0.15, -0.1) is 6.58 Å². The molecule has 1 saturated carbocycles. The minimum Gasteiger partial charge on any atom is -0.481 e. The van der Waals surface area contributed by atoms with Gasteiger partial charge in [0.2, 0.25) is 0 Å². The van der Waals surface area contributed by atoms with E-state index in [9.17, 15) is 9.59 Å². The van der Waals surface area contributed by atoms with Crippen LogP contribution in [0, 0.1) is 17.8 Å². The second-order valence-electron chi connectivity index (χ2n) is 5.51. The van der Waals surface area contributed by atoms with Crippen LogP contribution in [0.25, 0.3) is 0 Å². The maximum atomic E-state index is 11.9. The Morgan fingerprint density at radius 1 is 1.53 bits per heavy atom. The van der Waals surface area contributed by atoms with Gasteiger partial charge in [0, 0.05) is 0 Å². The highest BCUT2D eigenvalue weighted by atomic mass is 16.6. The molecule has 1 fully saturated rings. The van der Waals surface area contributed by atoms with E-state index < -0.39 is 17.5 Å². The van der Waals surface area contributed by atoms with E-state index in [4.69, 9.17) is 9.84 Å². The van der Waals surface area contributed by atoms with Crippen LogP contribution in [-0.2, 0) is 14.3 Å². The summed E-state index contributed by atoms with van der Waals surface area (Å²) in [5, 5.41) is 8.88. The Morgan fingerprint density at radius 2 is 2.12 bits per heavy atom. The fraction of sp³-hybridized carbons (Fsp3) is 0.692. The van der Waals surface area contributed by atoms with Crippen molar-refractivity contribution < 1.29 is 19.4 Å². The molecule has 0 spiro atoms. The van der Waals surface area contributed by atoms with Crippen LogP contribution in [0.4, 0.5) is 0 Å². The van der Waals surface area contributed by atoms with Gasteiger partial charge in [-0.25, -0.2) is 0 Å². The molecular formula is C13H20O4. The van der Waals surface area contributed by atoms with Crippen molar-refractivity contribution >= 4 is 11.9 Å². The van der Waals surface area contributed by atoms with Crippen LogP contribution in [0.2, 0.25) is 0 Å². The van der Waals surface area contributed by atoms with E-state index in [0.29, 0.717) is 12.8 Å². The SMILES string of the molecule is C=CC[C@H](C(=O)OC(C)(C)C)[C@H]1CC1C(=O)O. The van der Waals surface area contributed by atoms with Gasteiger partial charge in [0.25, 0.3) is 0 Å². The van der Waals surface area contributed by atoms with Crippen LogP contribution < -0.4 is 0 Å². The normalized spacial score (nSPS) is 24.9. The van der Waals surface area contributed by atoms with Crippen molar-refractivity contribution in [2.24, 2.45) is 17.8 Å². The highest BCUT2D eigenvalue weighted by molar-refractivity contribution is 5.79. The van der Waals surface area contributed by atoms with Crippen molar-refractivity contribution in [3.05, 3.63) is 12.7 Å². The average molecular weight is 240 g/mol. The fourth-order valence-electron chi connectivity index (χ4n) is 1.95. The molecule has 1 rings (SSSR count). The molecule has 0 bridgehead atoms. The summed E-state index contributed by atoms with van der Waals surface area (Å²) in [6.45, 7) is 9.01. The van der Waals surface area contributed by atoms with Crippen LogP contribution in [0.3, 0.4) is 0 Å². The summed E-state index contributed by atoms with van der Waals surface area (Å²) < 4.78 is 5.30. The van der Waals surface area contributed by atoms with E-state index in [-0.39, 0.29) is 17.8 Å². The van der Waals surface area contributed by atoms with Crippen LogP contribution in [0.5, 0.6) is 0 Å². The molecule has 0 heterocycles. The molecule has 1 unspecified atom stereocenters. The van der Waals surface area contributed by atoms with Gasteiger partial charge in [0.05, 0.1) is 11.8 Å². The Kier molecular flexibility index (Phi) is 3.96. The number of esters is 1. The van der Waals surface area contributed by atoms with Gasteiger partial charge >= 0.3 is 11.9 Å². The van der Waals surface area contributed by atoms with E-state index in [0.717, 1.165) is 0 Å². The van der Waals surface area contributed by atoms with E-state index in [1.165, 1.54) is 0 Å². The van der Waals surface area contributed by atoms with Gasteiger partial charge in [-0.2, -0.15) is 0 Å². The maximum Gasteiger partial charge on any atom is 0.310 e. The smallest absolute Gasteiger partial charge is 0.310 e. The molecule has 1 aliphatic rings. The highest BCUT2D eigenvalue weighted by Crippen LogP contribution is 2.46. The largest absolute Gasteiger partial charge is 0.481 e. The van der Waals surface area contributed by atoms with Crippen molar-refractivity contribution in [3.63, 3.8) is 0 Å². The van der Waals surface area contributed by atoms with Crippen molar-refractivity contribution in [1.82, 2.24) is 0 Å². The first kappa shape index (κ1) is 13.7. The first-order valence-electron chi connectivity index (χ1n) is 5.83. The number of ether oxygens (including phenoxy) is 1. The molecule has 0 radical (unpaired) electrons. The first-order valence-corrected chi connectivity index (χ1v) is 5.83. The quantitative estimate of drug-likeness (QED) is 0.591. The lowest BCUT2D eigenvalue weighted by molar-refractivity contribution is -0.160. The maximum absolute atomic E-state index is 11.9. The minimum absolute atomic E-state index is 0.0969. The third-order valence-electron chi connectivity index (χ3n) is 2.80. The molecule has 4 nitrogen and oxygen atoms in total. The van der Waals surface area contributed by atoms with Crippen molar-refractivity contribution in [1.29, 1.82) is 0 Å². The molecule has 1 aliphatic carbocycles. The predicted molar refractivity (Wildman–Crippen MR) is 63.4 cm³/mol. The zero-order valence-corrected chi connectivity index (χ0v) is 10.6. The summed E-state index contributed by atoms with van der Waals surface area (Å²) in [5.41, 5.74) is -0.538. The topological polar surface area (TPSA) is 63.6 Å². The standard InChI is InChI=1S/C13H20O4/c1-5-6-8(9-7-10(9)11(14)15)12(16)17-13(2,3)4/h5,8-10H,1,6-7H2,2-4H3,(H,14,15)/t8-,9+,10?/m0/s1. The zero-order chi connectivity index (χ0) is 13.2. The summed E-state index contributed by atoms with van der Waals surface area (Å²) in [5.74, 6) is -2.00. The van der Waals surface area contributed by atoms with Crippen molar-refractivity contribution in [2.45, 2.75) is 39.2 Å². The van der Waals surface area contributed by atoms with E-state index in [1.54, 1.807) is 26.8 Å². The number of allylic oxidation sites excluding steroid dienone is 1. The second kappa shape index (κ2) is 4.90. The number of carbonyl (C=O) groups excluding carboxylic acids is 1. The molecule has 3 atom stereocenters. The monoisotopic (exact) mass is 240 g/mol. The van der Waals surface area contributed by atoms with Crippen LogP contribution in [-0.4, -0.2) is 22.6 Å². The summed E-state index contributed by atoms with van der Waals surface area (Å²) in [4.78, 5) is 22.7. The van der Waals surface area contributed by atoms with Gasteiger partial charge in [-0.3, -0.25) is 9.59 Å². The molecule has 0 saturated heterocycles. The Balaban J connectivity index is 2.64. The molecule has 0 aromatic carbocycles. The molecule has 0 aromatic heterocycles. The summed E-state index contributed by atoms with van der Waals surface area (Å²) in [6, 6.07) is 0. The first-order chi connectivity index (χ1) is 7.76. The number of carboxylic acids is 1. The third-order valence-corrected chi connectivity index (χ3v) is 2.80. The molecule has 0 aromatic rings. The van der Waals surface area contributed by atoms with E-state index in [2.05, 4.69) is 6.58 Å². The predicted octanol–water partition coefficient (Wildman–Crippen LogP) is 2.24. The van der Waals surface area contributed by atoms with Crippen LogP contribution in [0.1, 0.15) is 33.6 Å². The summed E-state index contributed by atoms with van der Waals surface area (Å²) >= 11 is 0. The summed E-state index contributed by atoms with van der Waals surface area (Å²) in [6.07, 6.45) is 2.68. The number of aliphatic carboxylic acids is 1. The lowest BCUT2D eigenvalue weighted by Gasteiger charge is -2.23. The van der Waals surface area contributed by atoms with E-state index >= 15 is 0 Å². The highest BCUT2D eigenvalue weighted by Gasteiger charge is 2.50. The minimum atomic E-state index is -0.826. The lowest BCUT2D eigenvalue weighted by Crippen LogP contribution is -2.30. The zero-order valence-electron chi connectivity index (χ0n) is 10.6. The van der Waals surface area contributed by atoms with Crippen molar-refractivity contribution in [3.8, 4) is 0 Å². The number of hydrogen-bond donors (Lipinski definition) is 1. The van der Waals surface area contributed by atoms with Crippen LogP contribution in [0.15, 0.2) is 12.7 Å².